The zero-order valence-electron chi connectivity index (χ0n) is 15.8. The lowest BCUT2D eigenvalue weighted by atomic mass is 10.2. The van der Waals surface area contributed by atoms with Crippen LogP contribution in [0.2, 0.25) is 0 Å². The van der Waals surface area contributed by atoms with E-state index in [1.807, 2.05) is 22.4 Å². The van der Waals surface area contributed by atoms with Crippen LogP contribution in [-0.4, -0.2) is 54.5 Å². The quantitative estimate of drug-likeness (QED) is 0.737. The van der Waals surface area contributed by atoms with Gasteiger partial charge in [0, 0.05) is 32.4 Å². The van der Waals surface area contributed by atoms with Gasteiger partial charge in [0.25, 0.3) is 5.91 Å². The van der Waals surface area contributed by atoms with E-state index in [2.05, 4.69) is 16.8 Å². The molecule has 2 aromatic rings. The number of aromatic nitrogens is 1. The number of carbonyl (C=O) groups is 2. The van der Waals surface area contributed by atoms with Gasteiger partial charge in [-0.05, 0) is 48.9 Å². The van der Waals surface area contributed by atoms with Gasteiger partial charge in [-0.15, -0.1) is 11.3 Å². The molecule has 3 heterocycles. The van der Waals surface area contributed by atoms with Gasteiger partial charge in [-0.3, -0.25) is 4.79 Å². The molecular formula is C20H25N3O3S. The normalized spacial score (nSPS) is 14.7. The summed E-state index contributed by atoms with van der Waals surface area (Å²) in [5.41, 5.74) is 1.58. The molecule has 0 aromatic carbocycles. The Morgan fingerprint density at radius 3 is 2.70 bits per heavy atom. The van der Waals surface area contributed by atoms with E-state index < -0.39 is 0 Å². The van der Waals surface area contributed by atoms with Crippen molar-refractivity contribution in [1.29, 1.82) is 0 Å². The third-order valence-electron chi connectivity index (χ3n) is 4.69. The number of hydrogen-bond donors (Lipinski definition) is 0. The molecule has 0 N–H and O–H groups in total. The number of aryl methyl sites for hydroxylation is 1. The van der Waals surface area contributed by atoms with E-state index in [4.69, 9.17) is 4.74 Å². The highest BCUT2D eigenvalue weighted by atomic mass is 32.1. The number of ether oxygens (including phenoxy) is 1. The van der Waals surface area contributed by atoms with Crippen molar-refractivity contribution in [3.63, 3.8) is 0 Å². The maximum absolute atomic E-state index is 12.9. The molecule has 1 amide bonds. The number of thiophene rings is 1. The minimum absolute atomic E-state index is 0.134. The van der Waals surface area contributed by atoms with E-state index in [0.717, 1.165) is 48.7 Å². The molecule has 0 spiro atoms. The Morgan fingerprint density at radius 2 is 2.00 bits per heavy atom. The van der Waals surface area contributed by atoms with Crippen LogP contribution in [0.1, 0.15) is 45.9 Å². The molecule has 1 saturated heterocycles. The van der Waals surface area contributed by atoms with Crippen LogP contribution in [0.5, 0.6) is 0 Å². The first-order chi connectivity index (χ1) is 13.1. The molecule has 144 valence electrons. The number of anilines is 1. The summed E-state index contributed by atoms with van der Waals surface area (Å²) >= 11 is 1.53. The highest BCUT2D eigenvalue weighted by Gasteiger charge is 2.23. The number of carbonyl (C=O) groups excluding carboxylic acids is 2. The first-order valence-electron chi connectivity index (χ1n) is 9.37. The lowest BCUT2D eigenvalue weighted by Crippen LogP contribution is -2.35. The van der Waals surface area contributed by atoms with Gasteiger partial charge in [-0.2, -0.15) is 0 Å². The summed E-state index contributed by atoms with van der Waals surface area (Å²) in [6.07, 6.45) is 3.32. The minimum atomic E-state index is -0.355. The number of nitrogens with zero attached hydrogens (tertiary/aromatic N) is 3. The molecule has 27 heavy (non-hydrogen) atoms. The molecular weight excluding hydrogens is 362 g/mol. The fourth-order valence-corrected chi connectivity index (χ4v) is 4.17. The van der Waals surface area contributed by atoms with Gasteiger partial charge in [0.15, 0.2) is 0 Å². The number of hydrogen-bond acceptors (Lipinski definition) is 6. The van der Waals surface area contributed by atoms with Crippen molar-refractivity contribution in [2.45, 2.75) is 26.7 Å². The van der Waals surface area contributed by atoms with Crippen LogP contribution in [-0.2, 0) is 11.2 Å². The van der Waals surface area contributed by atoms with Crippen molar-refractivity contribution in [3.8, 4) is 0 Å². The smallest absolute Gasteiger partial charge is 0.339 e. The summed E-state index contributed by atoms with van der Waals surface area (Å²) in [6, 6.07) is 5.63. The molecule has 1 aliphatic heterocycles. The molecule has 7 heteroatoms. The molecule has 1 aliphatic rings. The highest BCUT2D eigenvalue weighted by molar-refractivity contribution is 7.12. The average Bonchev–Trinajstić information content (AvgIpc) is 3.04. The Hall–Kier alpha value is -2.41. The topological polar surface area (TPSA) is 62.7 Å². The van der Waals surface area contributed by atoms with E-state index in [1.165, 1.54) is 11.3 Å². The molecule has 3 rings (SSSR count). The van der Waals surface area contributed by atoms with Crippen LogP contribution >= 0.6 is 11.3 Å². The second kappa shape index (κ2) is 8.99. The first-order valence-corrected chi connectivity index (χ1v) is 10.3. The van der Waals surface area contributed by atoms with Crippen LogP contribution in [0.15, 0.2) is 29.8 Å². The molecule has 6 nitrogen and oxygen atoms in total. The van der Waals surface area contributed by atoms with Crippen molar-refractivity contribution in [1.82, 2.24) is 9.88 Å². The third-order valence-corrected chi connectivity index (χ3v) is 5.63. The largest absolute Gasteiger partial charge is 0.462 e. The van der Waals surface area contributed by atoms with Crippen LogP contribution in [0.4, 0.5) is 5.82 Å². The Balaban J connectivity index is 1.64. The van der Waals surface area contributed by atoms with Crippen molar-refractivity contribution in [2.24, 2.45) is 0 Å². The number of esters is 1. The zero-order chi connectivity index (χ0) is 19.2. The van der Waals surface area contributed by atoms with Gasteiger partial charge in [0.2, 0.25) is 0 Å². The van der Waals surface area contributed by atoms with E-state index in [-0.39, 0.29) is 11.9 Å². The van der Waals surface area contributed by atoms with Gasteiger partial charge in [-0.1, -0.05) is 6.92 Å². The Bertz CT molecular complexity index is 788. The fourth-order valence-electron chi connectivity index (χ4n) is 3.20. The highest BCUT2D eigenvalue weighted by Crippen LogP contribution is 2.21. The molecule has 0 bridgehead atoms. The maximum Gasteiger partial charge on any atom is 0.339 e. The molecule has 1 fully saturated rings. The summed E-state index contributed by atoms with van der Waals surface area (Å²) < 4.78 is 4.99. The van der Waals surface area contributed by atoms with Crippen molar-refractivity contribution in [3.05, 3.63) is 45.8 Å². The van der Waals surface area contributed by atoms with Gasteiger partial charge >= 0.3 is 5.97 Å². The maximum atomic E-state index is 12.9. The summed E-state index contributed by atoms with van der Waals surface area (Å²) in [6.45, 7) is 7.18. The second-order valence-corrected chi connectivity index (χ2v) is 7.30. The number of pyridine rings is 1. The summed E-state index contributed by atoms with van der Waals surface area (Å²) in [5, 5.41) is 1.99. The Morgan fingerprint density at radius 1 is 1.15 bits per heavy atom. The van der Waals surface area contributed by atoms with E-state index in [1.54, 1.807) is 19.2 Å². The lowest BCUT2D eigenvalue weighted by molar-refractivity contribution is 0.0525. The van der Waals surface area contributed by atoms with Crippen LogP contribution in [0.25, 0.3) is 0 Å². The third kappa shape index (κ3) is 4.47. The average molecular weight is 388 g/mol. The number of rotatable bonds is 5. The Labute approximate surface area is 163 Å². The number of amides is 1. The van der Waals surface area contributed by atoms with Crippen LogP contribution < -0.4 is 4.90 Å². The fraction of sp³-hybridized carbons (Fsp3) is 0.450. The molecule has 0 radical (unpaired) electrons. The molecule has 0 atom stereocenters. The zero-order valence-corrected chi connectivity index (χ0v) is 16.6. The Kier molecular flexibility index (Phi) is 6.45. The summed E-state index contributed by atoms with van der Waals surface area (Å²) in [7, 11) is 0. The van der Waals surface area contributed by atoms with Gasteiger partial charge in [-0.25, -0.2) is 9.78 Å². The summed E-state index contributed by atoms with van der Waals surface area (Å²) in [4.78, 5) is 34.0. The van der Waals surface area contributed by atoms with Crippen LogP contribution in [0.3, 0.4) is 0 Å². The SMILES string of the molecule is CCOC(=O)c1ccc(N2CCCN(C(=O)c3sccc3CC)CC2)nc1. The van der Waals surface area contributed by atoms with Gasteiger partial charge in [0.05, 0.1) is 17.0 Å². The predicted octanol–water partition coefficient (Wildman–Crippen LogP) is 3.23. The standard InChI is InChI=1S/C20H25N3O3S/c1-3-15-8-13-27-18(15)19(24)23-10-5-9-22(11-12-23)17-7-6-16(14-21-17)20(25)26-4-2/h6-8,13-14H,3-5,9-12H2,1-2H3. The van der Waals surface area contributed by atoms with E-state index in [0.29, 0.717) is 18.7 Å². The van der Waals surface area contributed by atoms with Crippen molar-refractivity contribution >= 4 is 29.0 Å². The molecule has 0 unspecified atom stereocenters. The van der Waals surface area contributed by atoms with Crippen LogP contribution in [0, 0.1) is 0 Å². The van der Waals surface area contributed by atoms with E-state index in [9.17, 15) is 9.59 Å². The predicted molar refractivity (Wildman–Crippen MR) is 107 cm³/mol. The monoisotopic (exact) mass is 387 g/mol. The molecule has 2 aromatic heterocycles. The molecule has 0 saturated carbocycles. The minimum Gasteiger partial charge on any atom is -0.462 e. The summed E-state index contributed by atoms with van der Waals surface area (Å²) in [5.74, 6) is 0.601. The lowest BCUT2D eigenvalue weighted by Gasteiger charge is -2.23. The second-order valence-electron chi connectivity index (χ2n) is 6.39. The van der Waals surface area contributed by atoms with Crippen molar-refractivity contribution in [2.75, 3.05) is 37.7 Å². The van der Waals surface area contributed by atoms with Crippen molar-refractivity contribution < 1.29 is 14.3 Å². The first kappa shape index (κ1) is 19.4. The van der Waals surface area contributed by atoms with Gasteiger partial charge in [0.1, 0.15) is 5.82 Å². The molecule has 0 aliphatic carbocycles. The van der Waals surface area contributed by atoms with E-state index >= 15 is 0 Å². The van der Waals surface area contributed by atoms with Gasteiger partial charge < -0.3 is 14.5 Å².